The van der Waals surface area contributed by atoms with Crippen molar-refractivity contribution in [1.82, 2.24) is 10.3 Å². The zero-order valence-electron chi connectivity index (χ0n) is 23.0. The van der Waals surface area contributed by atoms with Gasteiger partial charge in [-0.25, -0.2) is 0 Å². The summed E-state index contributed by atoms with van der Waals surface area (Å²) in [4.78, 5) is 80.5. The average Bonchev–Trinajstić information content (AvgIpc) is 2.97. The zero-order chi connectivity index (χ0) is 30.4. The molecule has 1 aromatic heterocycles. The van der Waals surface area contributed by atoms with E-state index in [2.05, 4.69) is 10.3 Å². The number of ether oxygens (including phenoxy) is 2. The molecule has 4 atom stereocenters. The van der Waals surface area contributed by atoms with Crippen LogP contribution in [0.2, 0.25) is 0 Å². The summed E-state index contributed by atoms with van der Waals surface area (Å²) in [6.07, 6.45) is -0.929. The summed E-state index contributed by atoms with van der Waals surface area (Å²) in [5, 5.41) is 24.1. The molecule has 0 unspecified atom stereocenters. The molecule has 13 nitrogen and oxygen atoms in total. The minimum Gasteiger partial charge on any atom is -0.503 e. The lowest BCUT2D eigenvalue weighted by Crippen LogP contribution is -2.46. The predicted octanol–water partition coefficient (Wildman–Crippen LogP) is 1.91. The molecule has 1 heterocycles. The van der Waals surface area contributed by atoms with Crippen molar-refractivity contribution in [3.63, 3.8) is 0 Å². The molecule has 2 N–H and O–H groups in total. The number of nitro groups is 1. The maximum atomic E-state index is 13.5. The van der Waals surface area contributed by atoms with Crippen LogP contribution in [0.1, 0.15) is 38.4 Å². The fraction of sp³-hybridized carbons (Fsp3) is 0.429. The van der Waals surface area contributed by atoms with Gasteiger partial charge in [-0.3, -0.25) is 39.1 Å². The number of carbonyl (C=O) groups excluding carboxylic acids is 5. The van der Waals surface area contributed by atoms with Crippen molar-refractivity contribution in [3.05, 3.63) is 57.9 Å². The molecular weight excluding hydrogens is 538 g/mol. The minimum absolute atomic E-state index is 0.0797. The number of rotatable bonds is 9. The molecule has 0 saturated heterocycles. The molecular formula is C28H31N3O10. The first kappa shape index (κ1) is 31.0. The van der Waals surface area contributed by atoms with E-state index < -0.39 is 70.3 Å². The molecule has 218 valence electrons. The standard InChI is InChI=1S/C28H31N3O10/c1-14(2)28(37)41-27-15(3)23(33)26(36)19(30-13-20-25(35)22(40-4)9-10-29-20)12-21(32)24(34)18(27)11-16-5-7-17(8-6-16)31(38)39/h5-10,14-15,18-19,27,30,35H,11-13H2,1-4H3/t15-,18+,19+,27-/m1/s1. The average molecular weight is 570 g/mol. The molecule has 0 amide bonds. The number of nitrogens with one attached hydrogen (secondary N) is 1. The number of hydrogen-bond donors (Lipinski definition) is 2. The number of nitro benzene ring substituents is 1. The maximum Gasteiger partial charge on any atom is 0.308 e. The van der Waals surface area contributed by atoms with Crippen molar-refractivity contribution < 1.29 is 43.5 Å². The molecule has 0 radical (unpaired) electrons. The molecule has 41 heavy (non-hydrogen) atoms. The van der Waals surface area contributed by atoms with Crippen LogP contribution in [-0.4, -0.2) is 63.4 Å². The van der Waals surface area contributed by atoms with Crippen molar-refractivity contribution in [1.29, 1.82) is 0 Å². The van der Waals surface area contributed by atoms with Gasteiger partial charge < -0.3 is 19.9 Å². The molecule has 3 rings (SSSR count). The molecule has 13 heteroatoms. The predicted molar refractivity (Wildman–Crippen MR) is 142 cm³/mol. The van der Waals surface area contributed by atoms with Gasteiger partial charge in [0.2, 0.25) is 23.1 Å². The van der Waals surface area contributed by atoms with Crippen LogP contribution in [0.5, 0.6) is 11.5 Å². The van der Waals surface area contributed by atoms with Gasteiger partial charge in [0, 0.05) is 37.4 Å². The lowest BCUT2D eigenvalue weighted by Gasteiger charge is -2.29. The third-order valence-electron chi connectivity index (χ3n) is 6.89. The summed E-state index contributed by atoms with van der Waals surface area (Å²) in [7, 11) is 1.34. The first-order chi connectivity index (χ1) is 19.3. The van der Waals surface area contributed by atoms with Crippen LogP contribution in [-0.2, 0) is 41.7 Å². The van der Waals surface area contributed by atoms with E-state index in [1.165, 1.54) is 50.6 Å². The fourth-order valence-electron chi connectivity index (χ4n) is 4.46. The van der Waals surface area contributed by atoms with Gasteiger partial charge in [0.15, 0.2) is 11.5 Å². The fourth-order valence-corrected chi connectivity index (χ4v) is 4.46. The highest BCUT2D eigenvalue weighted by Crippen LogP contribution is 2.30. The smallest absolute Gasteiger partial charge is 0.308 e. The van der Waals surface area contributed by atoms with Gasteiger partial charge in [-0.15, -0.1) is 0 Å². The summed E-state index contributed by atoms with van der Waals surface area (Å²) in [6.45, 7) is 4.21. The van der Waals surface area contributed by atoms with Crippen LogP contribution >= 0.6 is 0 Å². The third-order valence-corrected chi connectivity index (χ3v) is 6.89. The lowest BCUT2D eigenvalue weighted by molar-refractivity contribution is -0.384. The number of pyridine rings is 1. The Morgan fingerprint density at radius 2 is 1.78 bits per heavy atom. The third kappa shape index (κ3) is 7.17. The highest BCUT2D eigenvalue weighted by Gasteiger charge is 2.46. The molecule has 2 aromatic rings. The van der Waals surface area contributed by atoms with E-state index in [4.69, 9.17) is 9.47 Å². The number of esters is 1. The Morgan fingerprint density at radius 1 is 1.12 bits per heavy atom. The summed E-state index contributed by atoms with van der Waals surface area (Å²) >= 11 is 0. The number of carbonyl (C=O) groups is 5. The minimum atomic E-state index is -1.45. The van der Waals surface area contributed by atoms with Gasteiger partial charge in [0.25, 0.3) is 5.69 Å². The lowest BCUT2D eigenvalue weighted by atomic mass is 9.81. The monoisotopic (exact) mass is 569 g/mol. The second kappa shape index (κ2) is 13.2. The first-order valence-corrected chi connectivity index (χ1v) is 12.9. The van der Waals surface area contributed by atoms with E-state index in [-0.39, 0.29) is 35.8 Å². The molecule has 0 bridgehead atoms. The van der Waals surface area contributed by atoms with Crippen molar-refractivity contribution in [3.8, 4) is 11.5 Å². The van der Waals surface area contributed by atoms with Crippen LogP contribution in [0, 0.1) is 27.9 Å². The number of methoxy groups -OCH3 is 1. The normalized spacial score (nSPS) is 21.7. The number of Topliss-reactive ketones (excluding diaryl/α,β-unsaturated/α-hetero) is 4. The number of ketones is 4. The van der Waals surface area contributed by atoms with Gasteiger partial charge in [-0.2, -0.15) is 0 Å². The van der Waals surface area contributed by atoms with E-state index >= 15 is 0 Å². The van der Waals surface area contributed by atoms with E-state index in [1.807, 2.05) is 0 Å². The Balaban J connectivity index is 1.97. The highest BCUT2D eigenvalue weighted by molar-refractivity contribution is 6.44. The second-order valence-corrected chi connectivity index (χ2v) is 10.0. The quantitative estimate of drug-likeness (QED) is 0.193. The molecule has 1 aromatic carbocycles. The summed E-state index contributed by atoms with van der Waals surface area (Å²) in [5.41, 5.74) is 0.316. The van der Waals surface area contributed by atoms with E-state index in [1.54, 1.807) is 13.8 Å². The van der Waals surface area contributed by atoms with Crippen LogP contribution in [0.4, 0.5) is 5.69 Å². The van der Waals surface area contributed by atoms with Gasteiger partial charge in [0.05, 0.1) is 41.5 Å². The maximum absolute atomic E-state index is 13.5. The molecule has 1 aliphatic carbocycles. The van der Waals surface area contributed by atoms with Crippen LogP contribution < -0.4 is 10.1 Å². The van der Waals surface area contributed by atoms with Gasteiger partial charge in [-0.1, -0.05) is 32.9 Å². The van der Waals surface area contributed by atoms with E-state index in [9.17, 15) is 39.2 Å². The van der Waals surface area contributed by atoms with Crippen molar-refractivity contribution in [2.45, 2.75) is 52.3 Å². The number of nitrogens with zero attached hydrogens (tertiary/aromatic N) is 2. The van der Waals surface area contributed by atoms with Crippen molar-refractivity contribution in [2.24, 2.45) is 17.8 Å². The SMILES string of the molecule is COc1ccnc(CN[C@H]2CC(=O)C(=O)[C@H](Cc3ccc([N+](=O)[O-])cc3)[C@H](OC(=O)C(C)C)[C@H](C)C(=O)C2=O)c1O. The van der Waals surface area contributed by atoms with Crippen molar-refractivity contribution in [2.75, 3.05) is 7.11 Å². The van der Waals surface area contributed by atoms with Crippen LogP contribution in [0.15, 0.2) is 36.5 Å². The Labute approximate surface area is 235 Å². The Hall–Kier alpha value is -4.52. The van der Waals surface area contributed by atoms with Gasteiger partial charge >= 0.3 is 5.97 Å². The Kier molecular flexibility index (Phi) is 10.0. The Bertz CT molecular complexity index is 1360. The number of aromatic nitrogens is 1. The number of benzene rings is 1. The van der Waals surface area contributed by atoms with Crippen LogP contribution in [0.3, 0.4) is 0 Å². The molecule has 1 saturated carbocycles. The van der Waals surface area contributed by atoms with Gasteiger partial charge in [0.1, 0.15) is 6.10 Å². The summed E-state index contributed by atoms with van der Waals surface area (Å²) < 4.78 is 10.6. The Morgan fingerprint density at radius 3 is 2.37 bits per heavy atom. The number of aromatic hydroxyl groups is 1. The van der Waals surface area contributed by atoms with E-state index in [0.29, 0.717) is 5.56 Å². The summed E-state index contributed by atoms with van der Waals surface area (Å²) in [6, 6.07) is 5.26. The first-order valence-electron chi connectivity index (χ1n) is 12.9. The largest absolute Gasteiger partial charge is 0.503 e. The highest BCUT2D eigenvalue weighted by atomic mass is 16.6. The number of non-ortho nitro benzene ring substituents is 1. The second-order valence-electron chi connectivity index (χ2n) is 10.0. The summed E-state index contributed by atoms with van der Waals surface area (Å²) in [5.74, 6) is -8.05. The number of hydrogen-bond acceptors (Lipinski definition) is 12. The van der Waals surface area contributed by atoms with Crippen LogP contribution in [0.25, 0.3) is 0 Å². The van der Waals surface area contributed by atoms with Crippen molar-refractivity contribution >= 4 is 34.8 Å². The molecule has 1 aliphatic rings. The van der Waals surface area contributed by atoms with E-state index in [0.717, 1.165) is 0 Å². The molecule has 0 aliphatic heterocycles. The molecule has 0 spiro atoms. The zero-order valence-corrected chi connectivity index (χ0v) is 23.0. The van der Waals surface area contributed by atoms with Gasteiger partial charge in [-0.05, 0) is 12.0 Å². The molecule has 1 fully saturated rings. The topological polar surface area (TPSA) is 192 Å².